The van der Waals surface area contributed by atoms with Gasteiger partial charge in [0.05, 0.1) is 40.2 Å². The molecule has 1 atom stereocenters. The van der Waals surface area contributed by atoms with Gasteiger partial charge < -0.3 is 24.6 Å². The lowest BCUT2D eigenvalue weighted by atomic mass is 10.0. The molecule has 77 heavy (non-hydrogen) atoms. The largest absolute Gasteiger partial charge is 0.755 e. The van der Waals surface area contributed by atoms with Crippen molar-refractivity contribution in [2.45, 2.75) is 48.5 Å². The van der Waals surface area contributed by atoms with Gasteiger partial charge in [0.1, 0.15) is 34.7 Å². The van der Waals surface area contributed by atoms with Crippen LogP contribution in [0, 0.1) is 59.8 Å². The number of benzene rings is 6. The molecular weight excluding hydrogens is 1060 g/mol. The molecule has 6 aromatic carbocycles. The smallest absolute Gasteiger partial charge is 0.249 e. The first-order valence-corrected chi connectivity index (χ1v) is 26.3. The summed E-state index contributed by atoms with van der Waals surface area (Å²) in [5.41, 5.74) is 9.42. The molecule has 4 heterocycles. The van der Waals surface area contributed by atoms with Crippen LogP contribution in [0.3, 0.4) is 0 Å². The van der Waals surface area contributed by atoms with Crippen molar-refractivity contribution in [3.05, 3.63) is 160 Å². The maximum atomic E-state index is 10.7. The van der Waals surface area contributed by atoms with Crippen molar-refractivity contribution < 1.29 is 24.1 Å². The third kappa shape index (κ3) is 15.1. The Labute approximate surface area is 456 Å². The Hall–Kier alpha value is -8.93. The molecular formula is C52H47N16O5S4-. The fraction of sp³-hybridized carbons (Fsp3) is 0.154. The molecule has 0 saturated carbocycles. The number of nitrogens with one attached hydrogen (secondary N) is 1. The number of hydrogen-bond acceptors (Lipinski definition) is 22. The highest BCUT2D eigenvalue weighted by Crippen LogP contribution is 2.36. The van der Waals surface area contributed by atoms with Gasteiger partial charge in [-0.3, -0.25) is 4.21 Å². The number of aromatic hydroxyl groups is 3. The van der Waals surface area contributed by atoms with Gasteiger partial charge in [-0.15, -0.1) is 40.9 Å². The van der Waals surface area contributed by atoms with Crippen LogP contribution < -0.4 is 4.72 Å². The Morgan fingerprint density at radius 2 is 1.23 bits per heavy atom. The second-order valence-electron chi connectivity index (χ2n) is 16.7. The molecule has 25 heteroatoms. The summed E-state index contributed by atoms with van der Waals surface area (Å²) in [5, 5.41) is 79.2. The van der Waals surface area contributed by atoms with Crippen LogP contribution in [0.1, 0.15) is 44.9 Å². The summed E-state index contributed by atoms with van der Waals surface area (Å²) in [4.78, 5) is 4.09. The van der Waals surface area contributed by atoms with E-state index in [0.717, 1.165) is 33.2 Å². The average Bonchev–Trinajstić information content (AvgIpc) is 4.23. The lowest BCUT2D eigenvalue weighted by Crippen LogP contribution is -2.01. The van der Waals surface area contributed by atoms with E-state index in [1.54, 1.807) is 105 Å². The molecule has 0 aliphatic rings. The summed E-state index contributed by atoms with van der Waals surface area (Å²) in [5.74, 6) is 2.15. The van der Waals surface area contributed by atoms with Gasteiger partial charge in [0, 0.05) is 52.4 Å². The first kappa shape index (κ1) is 55.8. The van der Waals surface area contributed by atoms with E-state index in [2.05, 4.69) is 87.9 Å². The minimum absolute atomic E-state index is 0.202. The van der Waals surface area contributed by atoms with Crippen molar-refractivity contribution in [2.75, 3.05) is 4.72 Å². The number of hydrogen-bond donors (Lipinski definition) is 4. The number of nitriles is 1. The van der Waals surface area contributed by atoms with Crippen LogP contribution in [0.2, 0.25) is 0 Å². The average molecular weight is 1100 g/mol. The maximum Gasteiger partial charge on any atom is 0.249 e. The molecule has 0 aliphatic carbocycles. The van der Waals surface area contributed by atoms with Gasteiger partial charge in [-0.1, -0.05) is 30.3 Å². The lowest BCUT2D eigenvalue weighted by molar-refractivity contribution is 0.467. The molecule has 4 aromatic heterocycles. The van der Waals surface area contributed by atoms with E-state index in [0.29, 0.717) is 83.0 Å². The Morgan fingerprint density at radius 1 is 0.610 bits per heavy atom. The molecule has 0 aliphatic heterocycles. The minimum Gasteiger partial charge on any atom is -0.755 e. The van der Waals surface area contributed by atoms with Crippen LogP contribution in [0.25, 0.3) is 21.7 Å². The Morgan fingerprint density at radius 3 is 1.84 bits per heavy atom. The van der Waals surface area contributed by atoms with Crippen molar-refractivity contribution in [2.24, 2.45) is 48.0 Å². The Bertz CT molecular complexity index is 3890. The second kappa shape index (κ2) is 26.0. The quantitative estimate of drug-likeness (QED) is 0.0737. The summed E-state index contributed by atoms with van der Waals surface area (Å²) in [6.45, 7) is 12.9. The highest BCUT2D eigenvalue weighted by atomic mass is 32.2. The first-order valence-electron chi connectivity index (χ1n) is 22.9. The van der Waals surface area contributed by atoms with Crippen molar-refractivity contribution in [3.63, 3.8) is 0 Å². The van der Waals surface area contributed by atoms with Crippen LogP contribution >= 0.6 is 34.6 Å². The summed E-state index contributed by atoms with van der Waals surface area (Å²) in [6, 6.07) is 34.5. The third-order valence-electron chi connectivity index (χ3n) is 10.9. The molecule has 21 nitrogen and oxygen atoms in total. The molecule has 0 bridgehead atoms. The van der Waals surface area contributed by atoms with Gasteiger partial charge in [0.2, 0.25) is 5.13 Å². The normalized spacial score (nSPS) is 11.6. The van der Waals surface area contributed by atoms with E-state index < -0.39 is 11.3 Å². The molecule has 4 N–H and O–H groups in total. The van der Waals surface area contributed by atoms with Gasteiger partial charge in [0.15, 0.2) is 15.8 Å². The van der Waals surface area contributed by atoms with E-state index in [9.17, 15) is 24.1 Å². The molecule has 0 spiro atoms. The predicted molar refractivity (Wildman–Crippen MR) is 300 cm³/mol. The van der Waals surface area contributed by atoms with E-state index in [-0.39, 0.29) is 11.5 Å². The first-order chi connectivity index (χ1) is 37.0. The zero-order valence-corrected chi connectivity index (χ0v) is 45.7. The molecule has 0 fully saturated rings. The highest BCUT2D eigenvalue weighted by molar-refractivity contribution is 7.80. The number of phenolic OH excluding ortho intramolecular Hbond substituents is 3. The maximum absolute atomic E-state index is 10.7. The zero-order chi connectivity index (χ0) is 55.2. The predicted octanol–water partition coefficient (Wildman–Crippen LogP) is 15.6. The summed E-state index contributed by atoms with van der Waals surface area (Å²) in [7, 11) is 1.80. The fourth-order valence-electron chi connectivity index (χ4n) is 6.83. The van der Waals surface area contributed by atoms with Crippen LogP contribution in [-0.2, 0) is 18.3 Å². The molecule has 0 radical (unpaired) electrons. The van der Waals surface area contributed by atoms with Crippen molar-refractivity contribution in [1.29, 1.82) is 5.26 Å². The molecule has 390 valence electrons. The fourth-order valence-corrected chi connectivity index (χ4v) is 9.02. The number of rotatable bonds is 10. The number of fused-ring (bicyclic) bond motifs is 2. The second-order valence-corrected chi connectivity index (χ2v) is 19.6. The highest BCUT2D eigenvalue weighted by Gasteiger charge is 2.11. The number of nitrogens with zero attached hydrogens (tertiary/aromatic N) is 15. The third-order valence-corrected chi connectivity index (χ3v) is 13.6. The molecule has 10 aromatic rings. The topological polar surface area (TPSA) is 305 Å². The minimum atomic E-state index is -2.39. The van der Waals surface area contributed by atoms with Gasteiger partial charge >= 0.3 is 0 Å². The number of aromatic nitrogens is 6. The van der Waals surface area contributed by atoms with Gasteiger partial charge in [0.25, 0.3) is 0 Å². The number of anilines is 1. The van der Waals surface area contributed by atoms with Crippen LogP contribution in [-0.4, -0.2) is 52.0 Å². The Balaban J connectivity index is 0.000000151. The van der Waals surface area contributed by atoms with Crippen molar-refractivity contribution in [1.82, 2.24) is 27.9 Å². The van der Waals surface area contributed by atoms with Crippen LogP contribution in [0.15, 0.2) is 156 Å². The van der Waals surface area contributed by atoms with E-state index >= 15 is 0 Å². The Kier molecular flexibility index (Phi) is 18.9. The lowest BCUT2D eigenvalue weighted by Gasteiger charge is -2.07. The number of phenols is 3. The summed E-state index contributed by atoms with van der Waals surface area (Å²) < 4.78 is 37.8. The SMILES string of the molecule is Cc1cc(N=Nc2ccnn2C)ccc1O.Cc1cc(N=Nc2snc3ccc(NS(=O)[O-])cc23)ccc1O.Cc1nsc(N=Nc2cc(C)c(O)c(C)c2)n1.Cc1nsc(N=Nc2ccc(C)c3ccccc23)c1C#N. The van der Waals surface area contributed by atoms with Crippen molar-refractivity contribution >= 4 is 117 Å². The van der Waals surface area contributed by atoms with Gasteiger partial charge in [-0.05, 0) is 178 Å². The number of azo groups is 4. The van der Waals surface area contributed by atoms with Crippen LogP contribution in [0.5, 0.6) is 17.2 Å². The van der Waals surface area contributed by atoms with Gasteiger partial charge in [-0.2, -0.15) is 23.5 Å². The zero-order valence-electron chi connectivity index (χ0n) is 42.5. The van der Waals surface area contributed by atoms with Gasteiger partial charge in [-0.25, -0.2) is 9.67 Å². The van der Waals surface area contributed by atoms with Crippen LogP contribution in [0.4, 0.5) is 49.4 Å². The monoisotopic (exact) mass is 1100 g/mol. The summed E-state index contributed by atoms with van der Waals surface area (Å²) in [6.07, 6.45) is 1.66. The van der Waals surface area contributed by atoms with E-state index in [4.69, 9.17) is 5.26 Å². The standard InChI is InChI=1S/C16H12N4S.C14H12N4O3S2.C11H12N4OS.C11H12N4O/c1-10-7-8-15(13-6-4-3-5-12(10)13)18-19-16-14(9-17)11(2)20-21-16;1-8-6-9(3-5-13(8)19)15-16-14-11-7-10(18-23(20)21)2-4-12(11)17-22-14;1-6-4-9(5-7(2)10(6)16)13-14-11-12-8(3)15-17-11;1-8-7-9(3-4-10(8)16)13-14-11-5-6-12-15(11)2/h3-8H,1-2H3;2-7,18-19H,1H3,(H,20,21);4-5,16H,1-3H3;3-7,16H,1-2H3/p-1. The van der Waals surface area contributed by atoms with E-state index in [1.165, 1.54) is 40.2 Å². The van der Waals surface area contributed by atoms with Crippen molar-refractivity contribution in [3.8, 4) is 23.3 Å². The molecule has 0 saturated heterocycles. The molecule has 0 amide bonds. The molecule has 1 unspecified atom stereocenters. The molecule has 10 rings (SSSR count). The number of aryl methyl sites for hydroxylation is 8. The van der Waals surface area contributed by atoms with E-state index in [1.807, 2.05) is 58.0 Å². The summed E-state index contributed by atoms with van der Waals surface area (Å²) >= 11 is 1.19.